The van der Waals surface area contributed by atoms with Crippen molar-refractivity contribution in [2.24, 2.45) is 0 Å². The number of aldehydes is 1. The molecule has 0 N–H and O–H groups in total. The lowest BCUT2D eigenvalue weighted by Gasteiger charge is -2.04. The molecule has 2 aromatic rings. The van der Waals surface area contributed by atoms with Gasteiger partial charge in [0.05, 0.1) is 0 Å². The summed E-state index contributed by atoms with van der Waals surface area (Å²) in [4.78, 5) is 26.4. The summed E-state index contributed by atoms with van der Waals surface area (Å²) in [7, 11) is 0. The molecule has 0 aromatic carbocycles. The van der Waals surface area contributed by atoms with Crippen molar-refractivity contribution in [3.8, 4) is 0 Å². The largest absolute Gasteiger partial charge is 0.298 e. The molecular formula is C10H7ClN2O2. The molecule has 0 saturated carbocycles. The van der Waals surface area contributed by atoms with Gasteiger partial charge in [-0.3, -0.25) is 14.0 Å². The van der Waals surface area contributed by atoms with E-state index in [0.29, 0.717) is 17.6 Å². The summed E-state index contributed by atoms with van der Waals surface area (Å²) in [6.07, 6.45) is 0.427. The van der Waals surface area contributed by atoms with Crippen LogP contribution in [0.3, 0.4) is 0 Å². The van der Waals surface area contributed by atoms with Crippen molar-refractivity contribution in [1.82, 2.24) is 9.38 Å². The Labute approximate surface area is 90.1 Å². The maximum absolute atomic E-state index is 11.8. The highest BCUT2D eigenvalue weighted by Gasteiger charge is 2.10. The molecule has 2 aromatic heterocycles. The summed E-state index contributed by atoms with van der Waals surface area (Å²) in [6.45, 7) is 1.76. The van der Waals surface area contributed by atoms with Crippen LogP contribution in [0.5, 0.6) is 0 Å². The zero-order valence-electron chi connectivity index (χ0n) is 7.90. The fraction of sp³-hybridized carbons (Fsp3) is 0.100. The fourth-order valence-corrected chi connectivity index (χ4v) is 1.64. The van der Waals surface area contributed by atoms with Gasteiger partial charge in [0.15, 0.2) is 6.29 Å². The van der Waals surface area contributed by atoms with Crippen molar-refractivity contribution in [1.29, 1.82) is 0 Å². The zero-order valence-corrected chi connectivity index (χ0v) is 8.65. The highest BCUT2D eigenvalue weighted by molar-refractivity contribution is 6.31. The molecule has 2 rings (SSSR count). The van der Waals surface area contributed by atoms with Crippen molar-refractivity contribution in [3.63, 3.8) is 0 Å². The van der Waals surface area contributed by atoms with Gasteiger partial charge in [0.25, 0.3) is 5.56 Å². The SMILES string of the molecule is Cc1cccc2nc(Cl)c(C=O)c(=O)n12. The topological polar surface area (TPSA) is 51.4 Å². The Morgan fingerprint density at radius 1 is 1.47 bits per heavy atom. The zero-order chi connectivity index (χ0) is 11.0. The van der Waals surface area contributed by atoms with Crippen molar-refractivity contribution in [2.75, 3.05) is 0 Å². The van der Waals surface area contributed by atoms with Crippen molar-refractivity contribution in [2.45, 2.75) is 6.92 Å². The smallest absolute Gasteiger partial charge is 0.270 e. The lowest BCUT2D eigenvalue weighted by molar-refractivity contribution is 0.112. The summed E-state index contributed by atoms with van der Waals surface area (Å²) in [5.74, 6) is 0. The maximum atomic E-state index is 11.8. The van der Waals surface area contributed by atoms with E-state index in [0.717, 1.165) is 0 Å². The lowest BCUT2D eigenvalue weighted by Crippen LogP contribution is -2.21. The summed E-state index contributed by atoms with van der Waals surface area (Å²) >= 11 is 5.71. The summed E-state index contributed by atoms with van der Waals surface area (Å²) in [5.41, 5.74) is 0.613. The second-order valence-corrected chi connectivity index (χ2v) is 3.46. The maximum Gasteiger partial charge on any atom is 0.270 e. The second-order valence-electron chi connectivity index (χ2n) is 3.10. The van der Waals surface area contributed by atoms with E-state index in [1.54, 1.807) is 25.1 Å². The molecule has 0 amide bonds. The number of hydrogen-bond acceptors (Lipinski definition) is 3. The Kier molecular flexibility index (Phi) is 2.28. The third-order valence-corrected chi connectivity index (χ3v) is 2.44. The van der Waals surface area contributed by atoms with E-state index in [1.807, 2.05) is 0 Å². The lowest BCUT2D eigenvalue weighted by atomic mass is 10.3. The number of nitrogens with zero attached hydrogens (tertiary/aromatic N) is 2. The van der Waals surface area contributed by atoms with E-state index < -0.39 is 5.56 Å². The number of aromatic nitrogens is 2. The molecule has 0 bridgehead atoms. The van der Waals surface area contributed by atoms with E-state index in [1.165, 1.54) is 4.40 Å². The van der Waals surface area contributed by atoms with Crippen LogP contribution in [-0.2, 0) is 0 Å². The van der Waals surface area contributed by atoms with Crippen LogP contribution in [0.2, 0.25) is 5.15 Å². The highest BCUT2D eigenvalue weighted by Crippen LogP contribution is 2.10. The molecule has 5 heteroatoms. The molecule has 2 heterocycles. The minimum Gasteiger partial charge on any atom is -0.298 e. The van der Waals surface area contributed by atoms with E-state index in [2.05, 4.69) is 4.98 Å². The van der Waals surface area contributed by atoms with Gasteiger partial charge in [-0.1, -0.05) is 17.7 Å². The van der Waals surface area contributed by atoms with Gasteiger partial charge in [0, 0.05) is 5.69 Å². The van der Waals surface area contributed by atoms with Crippen LogP contribution < -0.4 is 5.56 Å². The molecule has 0 spiro atoms. The molecule has 76 valence electrons. The number of pyridine rings is 1. The van der Waals surface area contributed by atoms with E-state index in [4.69, 9.17) is 11.6 Å². The third kappa shape index (κ3) is 1.43. The molecule has 0 aliphatic rings. The first kappa shape index (κ1) is 9.86. The van der Waals surface area contributed by atoms with Crippen LogP contribution in [0, 0.1) is 6.92 Å². The average molecular weight is 223 g/mol. The van der Waals surface area contributed by atoms with E-state index in [9.17, 15) is 9.59 Å². The molecule has 0 fully saturated rings. The monoisotopic (exact) mass is 222 g/mol. The minimum atomic E-state index is -0.432. The molecule has 0 atom stereocenters. The summed E-state index contributed by atoms with van der Waals surface area (Å²) in [6, 6.07) is 5.20. The summed E-state index contributed by atoms with van der Waals surface area (Å²) in [5, 5.41) is -0.0550. The molecule has 4 nitrogen and oxygen atoms in total. The molecule has 0 aliphatic heterocycles. The number of aryl methyl sites for hydroxylation is 1. The van der Waals surface area contributed by atoms with Gasteiger partial charge < -0.3 is 0 Å². The number of carbonyl (C=O) groups is 1. The van der Waals surface area contributed by atoms with Crippen LogP contribution in [0.4, 0.5) is 0 Å². The number of carbonyl (C=O) groups excluding carboxylic acids is 1. The molecular weight excluding hydrogens is 216 g/mol. The molecule has 15 heavy (non-hydrogen) atoms. The van der Waals surface area contributed by atoms with Crippen LogP contribution in [0.15, 0.2) is 23.0 Å². The molecule has 0 aliphatic carbocycles. The number of hydrogen-bond donors (Lipinski definition) is 0. The standard InChI is InChI=1S/C10H7ClN2O2/c1-6-3-2-4-8-12-9(11)7(5-14)10(15)13(6)8/h2-5H,1H3. The van der Waals surface area contributed by atoms with Crippen LogP contribution in [-0.4, -0.2) is 15.7 Å². The molecule has 0 saturated heterocycles. The van der Waals surface area contributed by atoms with Crippen LogP contribution >= 0.6 is 11.6 Å². The fourth-order valence-electron chi connectivity index (χ4n) is 1.42. The van der Waals surface area contributed by atoms with Gasteiger partial charge in [-0.25, -0.2) is 4.98 Å². The Morgan fingerprint density at radius 3 is 2.87 bits per heavy atom. The van der Waals surface area contributed by atoms with Gasteiger partial charge >= 0.3 is 0 Å². The van der Waals surface area contributed by atoms with Crippen LogP contribution in [0.1, 0.15) is 16.1 Å². The third-order valence-electron chi connectivity index (χ3n) is 2.15. The van der Waals surface area contributed by atoms with Crippen molar-refractivity contribution >= 4 is 23.5 Å². The Morgan fingerprint density at radius 2 is 2.20 bits per heavy atom. The van der Waals surface area contributed by atoms with Crippen LogP contribution in [0.25, 0.3) is 5.65 Å². The minimum absolute atomic E-state index is 0.0550. The predicted octanol–water partition coefficient (Wildman–Crippen LogP) is 1.47. The molecule has 0 unspecified atom stereocenters. The quantitative estimate of drug-likeness (QED) is 0.542. The van der Waals surface area contributed by atoms with Crippen molar-refractivity contribution in [3.05, 3.63) is 45.0 Å². The number of fused-ring (bicyclic) bond motifs is 1. The van der Waals surface area contributed by atoms with E-state index >= 15 is 0 Å². The Hall–Kier alpha value is -1.68. The number of rotatable bonds is 1. The van der Waals surface area contributed by atoms with Crippen molar-refractivity contribution < 1.29 is 4.79 Å². The number of halogens is 1. The van der Waals surface area contributed by atoms with Gasteiger partial charge in [-0.05, 0) is 19.1 Å². The Balaban J connectivity index is 3.06. The first-order valence-electron chi connectivity index (χ1n) is 4.28. The van der Waals surface area contributed by atoms with Gasteiger partial charge in [-0.2, -0.15) is 0 Å². The molecule has 0 radical (unpaired) electrons. The Bertz CT molecular complexity index is 604. The van der Waals surface area contributed by atoms with Gasteiger partial charge in [-0.15, -0.1) is 0 Å². The average Bonchev–Trinajstić information content (AvgIpc) is 2.17. The second kappa shape index (κ2) is 3.47. The first-order valence-corrected chi connectivity index (χ1v) is 4.66. The highest BCUT2D eigenvalue weighted by atomic mass is 35.5. The predicted molar refractivity (Wildman–Crippen MR) is 56.6 cm³/mol. The van der Waals surface area contributed by atoms with Gasteiger partial charge in [0.2, 0.25) is 0 Å². The van der Waals surface area contributed by atoms with Gasteiger partial charge in [0.1, 0.15) is 16.4 Å². The first-order chi connectivity index (χ1) is 7.15. The summed E-state index contributed by atoms with van der Waals surface area (Å²) < 4.78 is 1.36. The van der Waals surface area contributed by atoms with E-state index in [-0.39, 0.29) is 10.7 Å². The normalized spacial score (nSPS) is 10.5.